The number of hydrogen-bond acceptors (Lipinski definition) is 6. The Morgan fingerprint density at radius 1 is 0.921 bits per heavy atom. The summed E-state index contributed by atoms with van der Waals surface area (Å²) in [6, 6.07) is 20.3. The van der Waals surface area contributed by atoms with Crippen LogP contribution in [0.15, 0.2) is 83.5 Å². The van der Waals surface area contributed by atoms with Crippen LogP contribution in [0.25, 0.3) is 0 Å². The Hall–Kier alpha value is -4.43. The molecular formula is C29H26ClN3O5. The molecule has 0 aliphatic carbocycles. The minimum atomic E-state index is -0.719. The number of carbonyl (C=O) groups excluding carboxylic acids is 4. The predicted molar refractivity (Wildman–Crippen MR) is 146 cm³/mol. The number of halogens is 1. The van der Waals surface area contributed by atoms with E-state index in [1.54, 1.807) is 42.2 Å². The van der Waals surface area contributed by atoms with Gasteiger partial charge in [0.05, 0.1) is 17.9 Å². The van der Waals surface area contributed by atoms with E-state index in [1.807, 2.05) is 38.1 Å². The van der Waals surface area contributed by atoms with Crippen molar-refractivity contribution in [1.82, 2.24) is 0 Å². The molecule has 3 aromatic rings. The highest BCUT2D eigenvalue weighted by molar-refractivity contribution is 6.53. The van der Waals surface area contributed by atoms with E-state index in [2.05, 4.69) is 5.32 Å². The lowest BCUT2D eigenvalue weighted by Crippen LogP contribution is -2.32. The third kappa shape index (κ3) is 5.31. The Bertz CT molecular complexity index is 1450. The lowest BCUT2D eigenvalue weighted by molar-refractivity contribution is -0.120. The molecule has 0 bridgehead atoms. The van der Waals surface area contributed by atoms with Crippen molar-refractivity contribution in [2.24, 2.45) is 0 Å². The zero-order valence-corrected chi connectivity index (χ0v) is 21.9. The number of nitrogens with zero attached hydrogens (tertiary/aromatic N) is 2. The maximum absolute atomic E-state index is 13.1. The average molecular weight is 532 g/mol. The number of aryl methyl sites for hydroxylation is 1. The molecule has 38 heavy (non-hydrogen) atoms. The number of hydrogen-bond donors (Lipinski definition) is 1. The topological polar surface area (TPSA) is 96.0 Å². The lowest BCUT2D eigenvalue weighted by atomic mass is 10.1. The number of amides is 3. The summed E-state index contributed by atoms with van der Waals surface area (Å²) in [7, 11) is 0. The molecule has 0 saturated heterocycles. The Morgan fingerprint density at radius 3 is 2.29 bits per heavy atom. The number of ether oxygens (including phenoxy) is 1. The quantitative estimate of drug-likeness (QED) is 0.314. The average Bonchev–Trinajstić information content (AvgIpc) is 3.12. The second-order valence-electron chi connectivity index (χ2n) is 8.50. The highest BCUT2D eigenvalue weighted by Crippen LogP contribution is 2.31. The molecule has 4 rings (SSSR count). The number of esters is 1. The fourth-order valence-electron chi connectivity index (χ4n) is 4.07. The molecule has 0 aromatic heterocycles. The van der Waals surface area contributed by atoms with E-state index in [0.717, 1.165) is 16.2 Å². The van der Waals surface area contributed by atoms with E-state index in [1.165, 1.54) is 18.2 Å². The van der Waals surface area contributed by atoms with E-state index in [9.17, 15) is 19.2 Å². The van der Waals surface area contributed by atoms with Gasteiger partial charge in [0.2, 0.25) is 0 Å². The molecule has 3 amide bonds. The zero-order chi connectivity index (χ0) is 27.4. The van der Waals surface area contributed by atoms with E-state index in [-0.39, 0.29) is 34.5 Å². The summed E-state index contributed by atoms with van der Waals surface area (Å²) in [6.07, 6.45) is 0. The first-order chi connectivity index (χ1) is 18.2. The molecular weight excluding hydrogens is 506 g/mol. The van der Waals surface area contributed by atoms with Gasteiger partial charge in [-0.15, -0.1) is 0 Å². The van der Waals surface area contributed by atoms with Crippen LogP contribution in [-0.2, 0) is 14.3 Å². The number of benzene rings is 3. The van der Waals surface area contributed by atoms with Crippen LogP contribution in [0.5, 0.6) is 0 Å². The summed E-state index contributed by atoms with van der Waals surface area (Å²) in [5.74, 6) is -2.12. The Kier molecular flexibility index (Phi) is 7.93. The molecule has 1 N–H and O–H groups in total. The van der Waals surface area contributed by atoms with Crippen LogP contribution in [0.1, 0.15) is 40.1 Å². The van der Waals surface area contributed by atoms with Crippen LogP contribution >= 0.6 is 11.6 Å². The lowest BCUT2D eigenvalue weighted by Gasteiger charge is -2.21. The SMILES string of the molecule is CCOC(=O)c1cccc(N2C(=O)C(Cl)=C(Nc3ccc(C(=O)N(CC)c4cccc(C)c4)cc3)C2=O)c1. The standard InChI is InChI=1S/C29H26ClN3O5/c1-4-32(22-10-6-8-18(3)16-22)26(34)19-12-14-21(15-13-19)31-25-24(30)27(35)33(28(25)36)23-11-7-9-20(17-23)29(37)38-5-2/h6-17,31H,4-5H2,1-3H3. The van der Waals surface area contributed by atoms with Crippen molar-refractivity contribution in [3.63, 3.8) is 0 Å². The molecule has 8 nitrogen and oxygen atoms in total. The first-order valence-corrected chi connectivity index (χ1v) is 12.4. The van der Waals surface area contributed by atoms with Crippen molar-refractivity contribution in [3.8, 4) is 0 Å². The second-order valence-corrected chi connectivity index (χ2v) is 8.87. The highest BCUT2D eigenvalue weighted by Gasteiger charge is 2.39. The van der Waals surface area contributed by atoms with Crippen molar-refractivity contribution in [2.45, 2.75) is 20.8 Å². The van der Waals surface area contributed by atoms with Crippen molar-refractivity contribution >= 4 is 52.4 Å². The summed E-state index contributed by atoms with van der Waals surface area (Å²) < 4.78 is 5.00. The van der Waals surface area contributed by atoms with Gasteiger partial charge in [-0.1, -0.05) is 29.8 Å². The first-order valence-electron chi connectivity index (χ1n) is 12.1. The van der Waals surface area contributed by atoms with Crippen LogP contribution in [0.2, 0.25) is 0 Å². The first kappa shape index (κ1) is 26.6. The summed E-state index contributed by atoms with van der Waals surface area (Å²) in [5, 5.41) is 2.61. The molecule has 1 heterocycles. The van der Waals surface area contributed by atoms with E-state index in [0.29, 0.717) is 17.8 Å². The van der Waals surface area contributed by atoms with E-state index < -0.39 is 17.8 Å². The van der Waals surface area contributed by atoms with E-state index in [4.69, 9.17) is 16.3 Å². The summed E-state index contributed by atoms with van der Waals surface area (Å²) in [6.45, 7) is 6.24. The number of carbonyl (C=O) groups is 4. The van der Waals surface area contributed by atoms with Gasteiger partial charge in [0.25, 0.3) is 17.7 Å². The monoisotopic (exact) mass is 531 g/mol. The maximum atomic E-state index is 13.1. The highest BCUT2D eigenvalue weighted by atomic mass is 35.5. The molecule has 3 aromatic carbocycles. The van der Waals surface area contributed by atoms with Gasteiger partial charge in [0, 0.05) is 23.5 Å². The van der Waals surface area contributed by atoms with Crippen LogP contribution in [0.3, 0.4) is 0 Å². The van der Waals surface area contributed by atoms with Gasteiger partial charge in [0.15, 0.2) is 0 Å². The molecule has 0 spiro atoms. The van der Waals surface area contributed by atoms with Crippen molar-refractivity contribution < 1.29 is 23.9 Å². The van der Waals surface area contributed by atoms with Gasteiger partial charge < -0.3 is 15.0 Å². The number of nitrogens with one attached hydrogen (secondary N) is 1. The van der Waals surface area contributed by atoms with Gasteiger partial charge in [-0.25, -0.2) is 9.69 Å². The Morgan fingerprint density at radius 2 is 1.63 bits per heavy atom. The third-order valence-electron chi connectivity index (χ3n) is 5.92. The van der Waals surface area contributed by atoms with Gasteiger partial charge in [0.1, 0.15) is 10.7 Å². The fourth-order valence-corrected chi connectivity index (χ4v) is 4.28. The zero-order valence-electron chi connectivity index (χ0n) is 21.2. The van der Waals surface area contributed by atoms with Gasteiger partial charge in [-0.05, 0) is 80.9 Å². The maximum Gasteiger partial charge on any atom is 0.338 e. The predicted octanol–water partition coefficient (Wildman–Crippen LogP) is 5.27. The summed E-state index contributed by atoms with van der Waals surface area (Å²) >= 11 is 6.25. The van der Waals surface area contributed by atoms with Crippen molar-refractivity contribution in [1.29, 1.82) is 0 Å². The smallest absolute Gasteiger partial charge is 0.338 e. The molecule has 1 aliphatic heterocycles. The molecule has 0 atom stereocenters. The molecule has 0 radical (unpaired) electrons. The number of rotatable bonds is 8. The summed E-state index contributed by atoms with van der Waals surface area (Å²) in [4.78, 5) is 53.8. The van der Waals surface area contributed by atoms with Gasteiger partial charge >= 0.3 is 5.97 Å². The van der Waals surface area contributed by atoms with Crippen LogP contribution in [0.4, 0.5) is 17.1 Å². The number of anilines is 3. The third-order valence-corrected chi connectivity index (χ3v) is 6.27. The minimum absolute atomic E-state index is 0.104. The van der Waals surface area contributed by atoms with Crippen molar-refractivity contribution in [3.05, 3.63) is 100 Å². The van der Waals surface area contributed by atoms with Crippen LogP contribution in [-0.4, -0.2) is 36.8 Å². The Balaban J connectivity index is 1.52. The van der Waals surface area contributed by atoms with Gasteiger partial charge in [-0.2, -0.15) is 0 Å². The minimum Gasteiger partial charge on any atom is -0.462 e. The van der Waals surface area contributed by atoms with Gasteiger partial charge in [-0.3, -0.25) is 14.4 Å². The fraction of sp³-hybridized carbons (Fsp3) is 0.172. The normalized spacial score (nSPS) is 13.1. The summed E-state index contributed by atoms with van der Waals surface area (Å²) in [5.41, 5.74) is 3.08. The molecule has 0 saturated carbocycles. The molecule has 1 aliphatic rings. The van der Waals surface area contributed by atoms with Crippen LogP contribution in [0, 0.1) is 6.92 Å². The van der Waals surface area contributed by atoms with Crippen LogP contribution < -0.4 is 15.1 Å². The molecule has 194 valence electrons. The molecule has 0 fully saturated rings. The van der Waals surface area contributed by atoms with E-state index >= 15 is 0 Å². The van der Waals surface area contributed by atoms with Crippen molar-refractivity contribution in [2.75, 3.05) is 28.3 Å². The number of imide groups is 1. The molecule has 0 unspecified atom stereocenters. The largest absolute Gasteiger partial charge is 0.462 e. The molecule has 9 heteroatoms. The Labute approximate surface area is 225 Å². The second kappa shape index (κ2) is 11.3.